The van der Waals surface area contributed by atoms with Gasteiger partial charge < -0.3 is 20.3 Å². The number of rotatable bonds is 8. The van der Waals surface area contributed by atoms with Gasteiger partial charge in [-0.05, 0) is 69.8 Å². The van der Waals surface area contributed by atoms with E-state index >= 15 is 0 Å². The first kappa shape index (κ1) is 25.7. The molecule has 2 N–H and O–H groups in total. The summed E-state index contributed by atoms with van der Waals surface area (Å²) in [5.41, 5.74) is 1.24. The van der Waals surface area contributed by atoms with Crippen molar-refractivity contribution in [2.45, 2.75) is 45.1 Å². The third kappa shape index (κ3) is 7.82. The Morgan fingerprint density at radius 2 is 1.81 bits per heavy atom. The van der Waals surface area contributed by atoms with E-state index in [1.807, 2.05) is 24.0 Å². The highest BCUT2D eigenvalue weighted by molar-refractivity contribution is 14.0. The zero-order valence-electron chi connectivity index (χ0n) is 18.9. The molecular weight excluding hydrogens is 505 g/mol. The minimum absolute atomic E-state index is 0. The second kappa shape index (κ2) is 13.8. The zero-order chi connectivity index (χ0) is 21.2. The summed E-state index contributed by atoms with van der Waals surface area (Å²) >= 11 is 0. The van der Waals surface area contributed by atoms with Crippen LogP contribution in [0, 0.1) is 0 Å². The lowest BCUT2D eigenvalue weighted by molar-refractivity contribution is -0.130. The molecule has 0 bridgehead atoms. The maximum absolute atomic E-state index is 12.5. The van der Waals surface area contributed by atoms with Crippen molar-refractivity contribution >= 4 is 35.8 Å². The van der Waals surface area contributed by atoms with Crippen molar-refractivity contribution in [2.24, 2.45) is 4.99 Å². The van der Waals surface area contributed by atoms with Gasteiger partial charge >= 0.3 is 0 Å². The molecular formula is C23H38IN5O2. The Balaban J connectivity index is 0.00000341. The Hall–Kier alpha value is -1.55. The van der Waals surface area contributed by atoms with E-state index < -0.39 is 0 Å². The standard InChI is InChI=1S/C23H37N5O2.HI/c1-3-24-23(26-18-22(29)28-14-5-4-6-15-28)25-17-21(27-12-7-8-13-27)19-10-9-11-20(16-19)30-2;/h9-11,16,21H,3-8,12-15,17-18H2,1-2H3,(H2,24,25,26);1H. The molecule has 0 radical (unpaired) electrons. The van der Waals surface area contributed by atoms with E-state index in [9.17, 15) is 4.79 Å². The molecule has 0 saturated carbocycles. The van der Waals surface area contributed by atoms with Crippen molar-refractivity contribution in [3.05, 3.63) is 29.8 Å². The molecule has 7 nitrogen and oxygen atoms in total. The Morgan fingerprint density at radius 3 is 2.48 bits per heavy atom. The van der Waals surface area contributed by atoms with Crippen LogP contribution in [0.25, 0.3) is 0 Å². The number of piperidine rings is 1. The largest absolute Gasteiger partial charge is 0.497 e. The minimum atomic E-state index is 0. The Bertz CT molecular complexity index is 703. The highest BCUT2D eigenvalue weighted by Gasteiger charge is 2.24. The van der Waals surface area contributed by atoms with Crippen LogP contribution >= 0.6 is 24.0 Å². The first-order valence-electron chi connectivity index (χ1n) is 11.4. The van der Waals surface area contributed by atoms with Gasteiger partial charge in [0.2, 0.25) is 5.91 Å². The van der Waals surface area contributed by atoms with Gasteiger partial charge in [-0.3, -0.25) is 9.69 Å². The molecule has 0 spiro atoms. The fraction of sp³-hybridized carbons (Fsp3) is 0.652. The van der Waals surface area contributed by atoms with E-state index in [0.717, 1.165) is 57.9 Å². The van der Waals surface area contributed by atoms with Crippen LogP contribution in [0.3, 0.4) is 0 Å². The summed E-state index contributed by atoms with van der Waals surface area (Å²) in [5, 5.41) is 6.76. The van der Waals surface area contributed by atoms with E-state index in [1.165, 1.54) is 24.8 Å². The quantitative estimate of drug-likeness (QED) is 0.300. The molecule has 2 fully saturated rings. The molecule has 1 amide bonds. The molecule has 1 atom stereocenters. The van der Waals surface area contributed by atoms with E-state index in [2.05, 4.69) is 32.7 Å². The van der Waals surface area contributed by atoms with Crippen molar-refractivity contribution in [3.63, 3.8) is 0 Å². The van der Waals surface area contributed by atoms with Gasteiger partial charge in [-0.15, -0.1) is 24.0 Å². The lowest BCUT2D eigenvalue weighted by Gasteiger charge is -2.29. The zero-order valence-corrected chi connectivity index (χ0v) is 21.3. The van der Waals surface area contributed by atoms with Gasteiger partial charge in [0.05, 0.1) is 13.2 Å². The summed E-state index contributed by atoms with van der Waals surface area (Å²) in [4.78, 5) is 21.5. The number of carbonyl (C=O) groups excluding carboxylic acids is 1. The summed E-state index contributed by atoms with van der Waals surface area (Å²) in [6, 6.07) is 8.55. The number of hydrogen-bond donors (Lipinski definition) is 2. The van der Waals surface area contributed by atoms with Crippen LogP contribution in [0.5, 0.6) is 5.75 Å². The summed E-state index contributed by atoms with van der Waals surface area (Å²) in [7, 11) is 1.71. The number of benzene rings is 1. The van der Waals surface area contributed by atoms with Crippen LogP contribution in [0.15, 0.2) is 29.3 Å². The summed E-state index contributed by atoms with van der Waals surface area (Å²) in [6.45, 7) is 7.67. The Kier molecular flexibility index (Phi) is 11.4. The number of methoxy groups -OCH3 is 1. The molecule has 2 aliphatic heterocycles. The van der Waals surface area contributed by atoms with Crippen molar-refractivity contribution in [1.82, 2.24) is 20.4 Å². The van der Waals surface area contributed by atoms with Crippen molar-refractivity contribution < 1.29 is 9.53 Å². The van der Waals surface area contributed by atoms with Crippen LogP contribution in [-0.4, -0.2) is 74.6 Å². The molecule has 1 aromatic rings. The number of aliphatic imine (C=N–C) groups is 1. The summed E-state index contributed by atoms with van der Waals surface area (Å²) < 4.78 is 5.44. The van der Waals surface area contributed by atoms with Crippen LogP contribution in [0.1, 0.15) is 50.6 Å². The number of hydrogen-bond acceptors (Lipinski definition) is 4. The van der Waals surface area contributed by atoms with Crippen molar-refractivity contribution in [1.29, 1.82) is 0 Å². The predicted molar refractivity (Wildman–Crippen MR) is 136 cm³/mol. The van der Waals surface area contributed by atoms with Gasteiger partial charge in [-0.1, -0.05) is 12.1 Å². The van der Waals surface area contributed by atoms with E-state index in [0.29, 0.717) is 5.96 Å². The molecule has 31 heavy (non-hydrogen) atoms. The average Bonchev–Trinajstić information content (AvgIpc) is 3.32. The number of carbonyl (C=O) groups is 1. The van der Waals surface area contributed by atoms with E-state index in [1.54, 1.807) is 7.11 Å². The molecule has 1 unspecified atom stereocenters. The van der Waals surface area contributed by atoms with Gasteiger partial charge in [0.1, 0.15) is 12.3 Å². The second-order valence-corrected chi connectivity index (χ2v) is 8.05. The fourth-order valence-electron chi connectivity index (χ4n) is 4.28. The molecule has 0 aliphatic carbocycles. The first-order chi connectivity index (χ1) is 14.7. The number of nitrogens with one attached hydrogen (secondary N) is 2. The second-order valence-electron chi connectivity index (χ2n) is 8.05. The molecule has 2 aliphatic rings. The normalized spacial score (nSPS) is 18.3. The molecule has 0 aromatic heterocycles. The smallest absolute Gasteiger partial charge is 0.244 e. The number of likely N-dealkylation sites (tertiary alicyclic amines) is 2. The maximum Gasteiger partial charge on any atom is 0.244 e. The van der Waals surface area contributed by atoms with Crippen LogP contribution in [0.4, 0.5) is 0 Å². The highest BCUT2D eigenvalue weighted by atomic mass is 127. The first-order valence-corrected chi connectivity index (χ1v) is 11.4. The SMILES string of the molecule is CCNC(=NCC(=O)N1CCCCC1)NCC(c1cccc(OC)c1)N1CCCC1.I. The molecule has 1 aromatic carbocycles. The Morgan fingerprint density at radius 1 is 1.10 bits per heavy atom. The van der Waals surface area contributed by atoms with Gasteiger partial charge in [-0.25, -0.2) is 4.99 Å². The molecule has 8 heteroatoms. The maximum atomic E-state index is 12.5. The molecule has 2 saturated heterocycles. The third-order valence-electron chi connectivity index (χ3n) is 5.95. The summed E-state index contributed by atoms with van der Waals surface area (Å²) in [5.74, 6) is 1.70. The lowest BCUT2D eigenvalue weighted by atomic mass is 10.1. The molecule has 3 rings (SSSR count). The number of halogens is 1. The number of nitrogens with zero attached hydrogens (tertiary/aromatic N) is 3. The van der Waals surface area contributed by atoms with Crippen molar-refractivity contribution in [3.8, 4) is 5.75 Å². The van der Waals surface area contributed by atoms with Gasteiger partial charge in [-0.2, -0.15) is 0 Å². The number of amides is 1. The van der Waals surface area contributed by atoms with Crippen molar-refractivity contribution in [2.75, 3.05) is 52.9 Å². The molecule has 2 heterocycles. The highest BCUT2D eigenvalue weighted by Crippen LogP contribution is 2.27. The summed E-state index contributed by atoms with van der Waals surface area (Å²) in [6.07, 6.45) is 5.90. The Labute approximate surface area is 204 Å². The fourth-order valence-corrected chi connectivity index (χ4v) is 4.28. The third-order valence-corrected chi connectivity index (χ3v) is 5.95. The monoisotopic (exact) mass is 543 g/mol. The van der Waals surface area contributed by atoms with Crippen LogP contribution < -0.4 is 15.4 Å². The van der Waals surface area contributed by atoms with Crippen LogP contribution in [-0.2, 0) is 4.79 Å². The van der Waals surface area contributed by atoms with Gasteiger partial charge in [0.25, 0.3) is 0 Å². The topological polar surface area (TPSA) is 69.2 Å². The predicted octanol–water partition coefficient (Wildman–Crippen LogP) is 3.02. The minimum Gasteiger partial charge on any atom is -0.497 e. The van der Waals surface area contributed by atoms with Gasteiger partial charge in [0.15, 0.2) is 5.96 Å². The lowest BCUT2D eigenvalue weighted by Crippen LogP contribution is -2.43. The molecule has 174 valence electrons. The number of ether oxygens (including phenoxy) is 1. The van der Waals surface area contributed by atoms with Crippen LogP contribution in [0.2, 0.25) is 0 Å². The van der Waals surface area contributed by atoms with Gasteiger partial charge in [0, 0.05) is 26.2 Å². The average molecular weight is 543 g/mol. The van der Waals surface area contributed by atoms with E-state index in [-0.39, 0.29) is 42.5 Å². The van der Waals surface area contributed by atoms with E-state index in [4.69, 9.17) is 4.74 Å². The number of guanidine groups is 1.